The molecule has 2 N–H and O–H groups in total. The standard InChI is InChI=1S/C17H32N2O/c1-4-16(5-2)9-11-19(12-10-16)15(20)17(18)8-6-7-14(3)13-17/h14H,4-13,18H2,1-3H3. The van der Waals surface area contributed by atoms with Crippen LogP contribution in [0.5, 0.6) is 0 Å². The quantitative estimate of drug-likeness (QED) is 0.862. The van der Waals surface area contributed by atoms with Crippen LogP contribution < -0.4 is 5.73 Å². The Hall–Kier alpha value is -0.570. The average Bonchev–Trinajstić information content (AvgIpc) is 2.46. The second-order valence-electron chi connectivity index (χ2n) is 7.36. The Labute approximate surface area is 124 Å². The van der Waals surface area contributed by atoms with E-state index in [0.29, 0.717) is 11.3 Å². The van der Waals surface area contributed by atoms with Crippen molar-refractivity contribution in [2.45, 2.75) is 77.7 Å². The summed E-state index contributed by atoms with van der Waals surface area (Å²) in [6.45, 7) is 8.62. The fourth-order valence-corrected chi connectivity index (χ4v) is 4.24. The van der Waals surface area contributed by atoms with E-state index in [-0.39, 0.29) is 5.91 Å². The first kappa shape index (κ1) is 15.8. The van der Waals surface area contributed by atoms with Crippen LogP contribution in [-0.2, 0) is 4.79 Å². The van der Waals surface area contributed by atoms with Gasteiger partial charge in [0.25, 0.3) is 0 Å². The Kier molecular flexibility index (Phi) is 4.78. The zero-order chi connectivity index (χ0) is 14.8. The maximum Gasteiger partial charge on any atom is 0.242 e. The van der Waals surface area contributed by atoms with E-state index in [4.69, 9.17) is 5.73 Å². The zero-order valence-corrected chi connectivity index (χ0v) is 13.6. The molecule has 1 saturated heterocycles. The predicted octanol–water partition coefficient (Wildman–Crippen LogP) is 3.32. The number of carbonyl (C=O) groups is 1. The molecule has 0 aromatic rings. The summed E-state index contributed by atoms with van der Waals surface area (Å²) in [5.41, 5.74) is 6.36. The van der Waals surface area contributed by atoms with Gasteiger partial charge in [0.05, 0.1) is 5.54 Å². The van der Waals surface area contributed by atoms with Crippen LogP contribution in [-0.4, -0.2) is 29.4 Å². The van der Waals surface area contributed by atoms with Crippen molar-refractivity contribution in [3.63, 3.8) is 0 Å². The van der Waals surface area contributed by atoms with Gasteiger partial charge < -0.3 is 10.6 Å². The molecule has 3 nitrogen and oxygen atoms in total. The number of likely N-dealkylation sites (tertiary alicyclic amines) is 1. The zero-order valence-electron chi connectivity index (χ0n) is 13.6. The Morgan fingerprint density at radius 3 is 2.30 bits per heavy atom. The topological polar surface area (TPSA) is 46.3 Å². The van der Waals surface area contributed by atoms with Crippen molar-refractivity contribution in [1.82, 2.24) is 4.90 Å². The van der Waals surface area contributed by atoms with E-state index in [0.717, 1.165) is 45.2 Å². The van der Waals surface area contributed by atoms with Gasteiger partial charge in [-0.1, -0.05) is 46.5 Å². The maximum absolute atomic E-state index is 12.8. The van der Waals surface area contributed by atoms with Gasteiger partial charge >= 0.3 is 0 Å². The molecule has 0 aromatic heterocycles. The first-order chi connectivity index (χ1) is 9.45. The Bertz CT molecular complexity index is 341. The highest BCUT2D eigenvalue weighted by Crippen LogP contribution is 2.39. The van der Waals surface area contributed by atoms with E-state index in [9.17, 15) is 4.79 Å². The molecule has 0 spiro atoms. The SMILES string of the molecule is CCC1(CC)CCN(C(=O)C2(N)CCCC(C)C2)CC1. The molecule has 2 aliphatic rings. The summed E-state index contributed by atoms with van der Waals surface area (Å²) in [5, 5.41) is 0. The van der Waals surface area contributed by atoms with Gasteiger partial charge in [-0.15, -0.1) is 0 Å². The third kappa shape index (κ3) is 3.03. The van der Waals surface area contributed by atoms with Crippen LogP contribution in [0.2, 0.25) is 0 Å². The minimum absolute atomic E-state index is 0.227. The van der Waals surface area contributed by atoms with Crippen LogP contribution in [0.3, 0.4) is 0 Å². The van der Waals surface area contributed by atoms with Crippen molar-refractivity contribution in [3.05, 3.63) is 0 Å². The first-order valence-electron chi connectivity index (χ1n) is 8.53. The Balaban J connectivity index is 1.98. The van der Waals surface area contributed by atoms with Gasteiger partial charge in [0.15, 0.2) is 0 Å². The second kappa shape index (κ2) is 6.05. The van der Waals surface area contributed by atoms with E-state index in [1.54, 1.807) is 0 Å². The van der Waals surface area contributed by atoms with Crippen molar-refractivity contribution in [2.75, 3.05) is 13.1 Å². The highest BCUT2D eigenvalue weighted by molar-refractivity contribution is 5.86. The van der Waals surface area contributed by atoms with Crippen LogP contribution in [0.4, 0.5) is 0 Å². The number of rotatable bonds is 3. The minimum atomic E-state index is -0.573. The summed E-state index contributed by atoms with van der Waals surface area (Å²) in [5.74, 6) is 0.817. The van der Waals surface area contributed by atoms with Crippen molar-refractivity contribution in [3.8, 4) is 0 Å². The molecule has 2 atom stereocenters. The first-order valence-corrected chi connectivity index (χ1v) is 8.53. The van der Waals surface area contributed by atoms with Gasteiger partial charge in [-0.3, -0.25) is 4.79 Å². The molecule has 1 heterocycles. The Morgan fingerprint density at radius 1 is 1.20 bits per heavy atom. The summed E-state index contributed by atoms with van der Waals surface area (Å²) in [6.07, 6.45) is 8.84. The molecule has 1 aliphatic heterocycles. The molecule has 1 amide bonds. The average molecular weight is 280 g/mol. The summed E-state index contributed by atoms with van der Waals surface area (Å²) < 4.78 is 0. The molecular weight excluding hydrogens is 248 g/mol. The summed E-state index contributed by atoms with van der Waals surface area (Å²) in [7, 11) is 0. The Morgan fingerprint density at radius 2 is 1.80 bits per heavy atom. The smallest absolute Gasteiger partial charge is 0.242 e. The van der Waals surface area contributed by atoms with Gasteiger partial charge in [-0.05, 0) is 37.0 Å². The van der Waals surface area contributed by atoms with Crippen molar-refractivity contribution >= 4 is 5.91 Å². The predicted molar refractivity (Wildman–Crippen MR) is 83.4 cm³/mol. The third-order valence-corrected chi connectivity index (χ3v) is 6.07. The van der Waals surface area contributed by atoms with E-state index in [1.165, 1.54) is 19.3 Å². The fourth-order valence-electron chi connectivity index (χ4n) is 4.24. The van der Waals surface area contributed by atoms with Gasteiger partial charge in [-0.25, -0.2) is 0 Å². The molecule has 20 heavy (non-hydrogen) atoms. The van der Waals surface area contributed by atoms with E-state index >= 15 is 0 Å². The van der Waals surface area contributed by atoms with E-state index < -0.39 is 5.54 Å². The van der Waals surface area contributed by atoms with Crippen molar-refractivity contribution < 1.29 is 4.79 Å². The molecule has 1 saturated carbocycles. The molecule has 2 unspecified atom stereocenters. The molecule has 0 bridgehead atoms. The van der Waals surface area contributed by atoms with Gasteiger partial charge in [0, 0.05) is 13.1 Å². The maximum atomic E-state index is 12.8. The normalized spacial score (nSPS) is 34.0. The van der Waals surface area contributed by atoms with Crippen LogP contribution in [0.1, 0.15) is 72.1 Å². The minimum Gasteiger partial charge on any atom is -0.341 e. The number of hydrogen-bond donors (Lipinski definition) is 1. The number of nitrogens with two attached hydrogens (primary N) is 1. The van der Waals surface area contributed by atoms with Gasteiger partial charge in [0.2, 0.25) is 5.91 Å². The van der Waals surface area contributed by atoms with Gasteiger partial charge in [-0.2, -0.15) is 0 Å². The number of hydrogen-bond acceptors (Lipinski definition) is 2. The van der Waals surface area contributed by atoms with Crippen LogP contribution in [0, 0.1) is 11.3 Å². The van der Waals surface area contributed by atoms with Crippen molar-refractivity contribution in [2.24, 2.45) is 17.1 Å². The lowest BCUT2D eigenvalue weighted by Crippen LogP contribution is -2.59. The molecule has 2 rings (SSSR count). The molecule has 0 radical (unpaired) electrons. The lowest BCUT2D eigenvalue weighted by molar-refractivity contribution is -0.141. The third-order valence-electron chi connectivity index (χ3n) is 6.07. The number of nitrogens with zero attached hydrogens (tertiary/aromatic N) is 1. The number of amides is 1. The lowest BCUT2D eigenvalue weighted by atomic mass is 9.72. The molecular formula is C17H32N2O. The monoisotopic (exact) mass is 280 g/mol. The van der Waals surface area contributed by atoms with E-state index in [1.807, 2.05) is 0 Å². The summed E-state index contributed by atoms with van der Waals surface area (Å²) >= 11 is 0. The largest absolute Gasteiger partial charge is 0.341 e. The second-order valence-corrected chi connectivity index (χ2v) is 7.36. The number of carbonyl (C=O) groups excluding carboxylic acids is 1. The lowest BCUT2D eigenvalue weighted by Gasteiger charge is -2.45. The number of piperidine rings is 1. The molecule has 3 heteroatoms. The molecule has 0 aromatic carbocycles. The highest BCUT2D eigenvalue weighted by Gasteiger charge is 2.42. The molecule has 2 fully saturated rings. The fraction of sp³-hybridized carbons (Fsp3) is 0.941. The van der Waals surface area contributed by atoms with Crippen molar-refractivity contribution in [1.29, 1.82) is 0 Å². The van der Waals surface area contributed by atoms with Crippen LogP contribution in [0.15, 0.2) is 0 Å². The highest BCUT2D eigenvalue weighted by atomic mass is 16.2. The molecule has 116 valence electrons. The van der Waals surface area contributed by atoms with E-state index in [2.05, 4.69) is 25.7 Å². The van der Waals surface area contributed by atoms with Gasteiger partial charge in [0.1, 0.15) is 0 Å². The summed E-state index contributed by atoms with van der Waals surface area (Å²) in [4.78, 5) is 14.9. The summed E-state index contributed by atoms with van der Waals surface area (Å²) in [6, 6.07) is 0. The van der Waals surface area contributed by atoms with Crippen LogP contribution >= 0.6 is 0 Å². The van der Waals surface area contributed by atoms with Crippen LogP contribution in [0.25, 0.3) is 0 Å². The molecule has 1 aliphatic carbocycles.